The van der Waals surface area contributed by atoms with E-state index in [2.05, 4.69) is 35.8 Å². The molecule has 0 radical (unpaired) electrons. The zero-order valence-electron chi connectivity index (χ0n) is 8.36. The van der Waals surface area contributed by atoms with Crippen molar-refractivity contribution >= 4 is 11.8 Å². The van der Waals surface area contributed by atoms with Crippen LogP contribution in [0, 0.1) is 5.92 Å². The van der Waals surface area contributed by atoms with Crippen molar-refractivity contribution in [3.05, 3.63) is 29.8 Å². The lowest BCUT2D eigenvalue weighted by Crippen LogP contribution is -2.47. The van der Waals surface area contributed by atoms with E-state index in [-0.39, 0.29) is 6.04 Å². The molecule has 1 saturated heterocycles. The van der Waals surface area contributed by atoms with Crippen molar-refractivity contribution < 1.29 is 0 Å². The number of nitrogens with one attached hydrogen (secondary N) is 1. The van der Waals surface area contributed by atoms with E-state index in [4.69, 9.17) is 5.73 Å². The SMILES string of the molecule is CSc1ccc(C(N)C2CNC2)cc1. The molecule has 0 aromatic heterocycles. The molecule has 3 N–H and O–H groups in total. The van der Waals surface area contributed by atoms with Crippen LogP contribution in [0.2, 0.25) is 0 Å². The van der Waals surface area contributed by atoms with Gasteiger partial charge in [-0.3, -0.25) is 0 Å². The summed E-state index contributed by atoms with van der Waals surface area (Å²) in [5.41, 5.74) is 7.40. The van der Waals surface area contributed by atoms with Gasteiger partial charge >= 0.3 is 0 Å². The Bertz CT molecular complexity index is 293. The number of nitrogens with two attached hydrogens (primary N) is 1. The average molecular weight is 208 g/mol. The van der Waals surface area contributed by atoms with Crippen LogP contribution in [0.5, 0.6) is 0 Å². The first-order chi connectivity index (χ1) is 6.81. The fourth-order valence-corrected chi connectivity index (χ4v) is 2.07. The van der Waals surface area contributed by atoms with Crippen molar-refractivity contribution in [3.8, 4) is 0 Å². The summed E-state index contributed by atoms with van der Waals surface area (Å²) in [6.45, 7) is 2.12. The smallest absolute Gasteiger partial charge is 0.0347 e. The van der Waals surface area contributed by atoms with Gasteiger partial charge in [-0.2, -0.15) is 0 Å². The fourth-order valence-electron chi connectivity index (χ4n) is 1.66. The number of benzene rings is 1. The average Bonchev–Trinajstić information content (AvgIpc) is 2.15. The van der Waals surface area contributed by atoms with Gasteiger partial charge in [-0.15, -0.1) is 11.8 Å². The number of hydrogen-bond donors (Lipinski definition) is 2. The molecule has 0 aliphatic carbocycles. The molecule has 0 spiro atoms. The molecule has 1 heterocycles. The highest BCUT2D eigenvalue weighted by atomic mass is 32.2. The molecule has 14 heavy (non-hydrogen) atoms. The molecular weight excluding hydrogens is 192 g/mol. The van der Waals surface area contributed by atoms with Crippen LogP contribution >= 0.6 is 11.8 Å². The molecule has 2 nitrogen and oxygen atoms in total. The van der Waals surface area contributed by atoms with Crippen LogP contribution in [0.3, 0.4) is 0 Å². The van der Waals surface area contributed by atoms with Crippen LogP contribution in [-0.2, 0) is 0 Å². The Morgan fingerprint density at radius 3 is 2.43 bits per heavy atom. The third-order valence-electron chi connectivity index (χ3n) is 2.82. The van der Waals surface area contributed by atoms with Crippen molar-refractivity contribution in [2.45, 2.75) is 10.9 Å². The predicted octanol–water partition coefficient (Wildman–Crippen LogP) is 1.63. The van der Waals surface area contributed by atoms with Gasteiger partial charge in [0, 0.05) is 29.9 Å². The van der Waals surface area contributed by atoms with E-state index in [0.29, 0.717) is 5.92 Å². The van der Waals surface area contributed by atoms with Gasteiger partial charge in [0.25, 0.3) is 0 Å². The van der Waals surface area contributed by atoms with Crippen molar-refractivity contribution in [1.29, 1.82) is 0 Å². The summed E-state index contributed by atoms with van der Waals surface area (Å²) in [6.07, 6.45) is 2.09. The van der Waals surface area contributed by atoms with E-state index < -0.39 is 0 Å². The van der Waals surface area contributed by atoms with Crippen LogP contribution in [0.1, 0.15) is 11.6 Å². The first-order valence-corrected chi connectivity index (χ1v) is 6.14. The monoisotopic (exact) mass is 208 g/mol. The minimum absolute atomic E-state index is 0.201. The van der Waals surface area contributed by atoms with E-state index in [9.17, 15) is 0 Å². The van der Waals surface area contributed by atoms with E-state index in [0.717, 1.165) is 13.1 Å². The lowest BCUT2D eigenvalue weighted by molar-refractivity contribution is 0.295. The minimum Gasteiger partial charge on any atom is -0.324 e. The van der Waals surface area contributed by atoms with Gasteiger partial charge in [0.1, 0.15) is 0 Å². The van der Waals surface area contributed by atoms with E-state index in [1.165, 1.54) is 10.5 Å². The van der Waals surface area contributed by atoms with Crippen molar-refractivity contribution in [3.63, 3.8) is 0 Å². The second kappa shape index (κ2) is 4.34. The summed E-state index contributed by atoms with van der Waals surface area (Å²) in [7, 11) is 0. The highest BCUT2D eigenvalue weighted by Crippen LogP contribution is 2.24. The van der Waals surface area contributed by atoms with Crippen LogP contribution in [0.15, 0.2) is 29.2 Å². The molecule has 0 bridgehead atoms. The van der Waals surface area contributed by atoms with E-state index in [1.54, 1.807) is 11.8 Å². The summed E-state index contributed by atoms with van der Waals surface area (Å²) >= 11 is 1.76. The molecule has 0 amide bonds. The summed E-state index contributed by atoms with van der Waals surface area (Å²) < 4.78 is 0. The molecule has 1 aromatic carbocycles. The minimum atomic E-state index is 0.201. The second-order valence-electron chi connectivity index (χ2n) is 3.72. The summed E-state index contributed by atoms with van der Waals surface area (Å²) in [4.78, 5) is 1.30. The zero-order chi connectivity index (χ0) is 9.97. The van der Waals surface area contributed by atoms with Gasteiger partial charge in [-0.25, -0.2) is 0 Å². The highest BCUT2D eigenvalue weighted by molar-refractivity contribution is 7.98. The van der Waals surface area contributed by atoms with Gasteiger partial charge in [-0.05, 0) is 24.0 Å². The molecule has 2 rings (SSSR count). The maximum Gasteiger partial charge on any atom is 0.0347 e. The zero-order valence-corrected chi connectivity index (χ0v) is 9.18. The Hall–Kier alpha value is -0.510. The first kappa shape index (κ1) is 10.0. The molecule has 1 fully saturated rings. The van der Waals surface area contributed by atoms with Crippen LogP contribution in [0.25, 0.3) is 0 Å². The van der Waals surface area contributed by atoms with Gasteiger partial charge in [0.15, 0.2) is 0 Å². The number of thioether (sulfide) groups is 1. The number of hydrogen-bond acceptors (Lipinski definition) is 3. The largest absolute Gasteiger partial charge is 0.324 e. The maximum atomic E-state index is 6.15. The third kappa shape index (κ3) is 1.95. The van der Waals surface area contributed by atoms with E-state index >= 15 is 0 Å². The number of rotatable bonds is 3. The Morgan fingerprint density at radius 2 is 2.00 bits per heavy atom. The molecule has 0 saturated carbocycles. The molecule has 1 unspecified atom stereocenters. The highest BCUT2D eigenvalue weighted by Gasteiger charge is 2.24. The van der Waals surface area contributed by atoms with Gasteiger partial charge < -0.3 is 11.1 Å². The summed E-state index contributed by atoms with van der Waals surface area (Å²) in [5, 5.41) is 3.25. The molecule has 1 atom stereocenters. The van der Waals surface area contributed by atoms with Crippen molar-refractivity contribution in [2.24, 2.45) is 11.7 Å². The normalized spacial score (nSPS) is 19.0. The van der Waals surface area contributed by atoms with E-state index in [1.807, 2.05) is 0 Å². The second-order valence-corrected chi connectivity index (χ2v) is 4.60. The summed E-state index contributed by atoms with van der Waals surface area (Å²) in [5.74, 6) is 0.620. The molecule has 1 aliphatic rings. The Kier molecular flexibility index (Phi) is 3.11. The van der Waals surface area contributed by atoms with Crippen LogP contribution in [-0.4, -0.2) is 19.3 Å². The van der Waals surface area contributed by atoms with Crippen molar-refractivity contribution in [1.82, 2.24) is 5.32 Å². The van der Waals surface area contributed by atoms with Crippen LogP contribution < -0.4 is 11.1 Å². The van der Waals surface area contributed by atoms with Gasteiger partial charge in [0.05, 0.1) is 0 Å². The molecule has 76 valence electrons. The Morgan fingerprint density at radius 1 is 1.36 bits per heavy atom. The quantitative estimate of drug-likeness (QED) is 0.741. The molecule has 1 aromatic rings. The standard InChI is InChI=1S/C11H16N2S/c1-14-10-4-2-8(3-5-10)11(12)9-6-13-7-9/h2-5,9,11,13H,6-7,12H2,1H3. The molecular formula is C11H16N2S. The first-order valence-electron chi connectivity index (χ1n) is 4.91. The van der Waals surface area contributed by atoms with Crippen molar-refractivity contribution in [2.75, 3.05) is 19.3 Å². The summed E-state index contributed by atoms with van der Waals surface area (Å²) in [6, 6.07) is 8.79. The lowest BCUT2D eigenvalue weighted by Gasteiger charge is -2.32. The fraction of sp³-hybridized carbons (Fsp3) is 0.455. The predicted molar refractivity (Wildman–Crippen MR) is 61.5 cm³/mol. The van der Waals surface area contributed by atoms with Gasteiger partial charge in [0.2, 0.25) is 0 Å². The Balaban J connectivity index is 2.07. The molecule has 1 aliphatic heterocycles. The Labute approximate surface area is 89.3 Å². The van der Waals surface area contributed by atoms with Gasteiger partial charge in [-0.1, -0.05) is 12.1 Å². The maximum absolute atomic E-state index is 6.15. The third-order valence-corrected chi connectivity index (χ3v) is 3.57. The lowest BCUT2D eigenvalue weighted by atomic mass is 9.89. The molecule has 3 heteroatoms. The van der Waals surface area contributed by atoms with Crippen LogP contribution in [0.4, 0.5) is 0 Å². The topological polar surface area (TPSA) is 38.0 Å².